The molecule has 1 aliphatic heterocycles. The molecule has 0 amide bonds. The fraction of sp³-hybridized carbons (Fsp3) is 0.455. The Balaban J connectivity index is 2.28. The molecule has 0 saturated carbocycles. The van der Waals surface area contributed by atoms with Gasteiger partial charge in [0, 0.05) is 5.69 Å². The largest absolute Gasteiger partial charge is 0.399 e. The minimum Gasteiger partial charge on any atom is -0.399 e. The Morgan fingerprint density at radius 2 is 2.00 bits per heavy atom. The van der Waals surface area contributed by atoms with Gasteiger partial charge in [-0.25, -0.2) is 0 Å². The van der Waals surface area contributed by atoms with Crippen LogP contribution in [-0.2, 0) is 5.60 Å². The second-order valence-corrected chi connectivity index (χ2v) is 3.91. The quantitative estimate of drug-likeness (QED) is 0.578. The first-order valence-electron chi connectivity index (χ1n) is 5.00. The number of rotatable bonds is 1. The van der Waals surface area contributed by atoms with Gasteiger partial charge in [-0.1, -0.05) is 12.1 Å². The predicted molar refractivity (Wildman–Crippen MR) is 56.9 cm³/mol. The van der Waals surface area contributed by atoms with Crippen LogP contribution in [0.25, 0.3) is 0 Å². The number of benzene rings is 1. The first kappa shape index (κ1) is 9.49. The van der Waals surface area contributed by atoms with Crippen LogP contribution in [0.15, 0.2) is 24.3 Å². The summed E-state index contributed by atoms with van der Waals surface area (Å²) in [5.74, 6) is 0. The molecule has 0 atom stereocenters. The van der Waals surface area contributed by atoms with E-state index >= 15 is 0 Å². The first-order valence-corrected chi connectivity index (χ1v) is 5.00. The zero-order chi connectivity index (χ0) is 10.0. The molecule has 0 bridgehead atoms. The molecule has 0 aromatic heterocycles. The third-order valence-electron chi connectivity index (χ3n) is 2.85. The number of nitrogen functional groups attached to an aromatic ring is 1. The Morgan fingerprint density at radius 1 is 1.29 bits per heavy atom. The van der Waals surface area contributed by atoms with E-state index < -0.39 is 5.60 Å². The van der Waals surface area contributed by atoms with Gasteiger partial charge in [0.05, 0.1) is 5.60 Å². The third kappa shape index (κ3) is 1.74. The van der Waals surface area contributed by atoms with Gasteiger partial charge >= 0.3 is 0 Å². The van der Waals surface area contributed by atoms with Crippen molar-refractivity contribution in [3.05, 3.63) is 29.8 Å². The number of hydrogen-bond acceptors (Lipinski definition) is 3. The van der Waals surface area contributed by atoms with Gasteiger partial charge in [-0.3, -0.25) is 0 Å². The molecule has 3 nitrogen and oxygen atoms in total. The number of nitrogens with two attached hydrogens (primary N) is 1. The van der Waals surface area contributed by atoms with Gasteiger partial charge in [-0.15, -0.1) is 0 Å². The van der Waals surface area contributed by atoms with Gasteiger partial charge in [-0.05, 0) is 43.6 Å². The van der Waals surface area contributed by atoms with Gasteiger partial charge in [0.1, 0.15) is 0 Å². The SMILES string of the molecule is Nc1cccc(C2(O)CCNCC2)c1. The number of anilines is 1. The zero-order valence-corrected chi connectivity index (χ0v) is 8.16. The van der Waals surface area contributed by atoms with Gasteiger partial charge in [0.25, 0.3) is 0 Å². The van der Waals surface area contributed by atoms with E-state index in [1.165, 1.54) is 0 Å². The van der Waals surface area contributed by atoms with Gasteiger partial charge in [0.15, 0.2) is 0 Å². The summed E-state index contributed by atoms with van der Waals surface area (Å²) in [5.41, 5.74) is 6.68. The van der Waals surface area contributed by atoms with Crippen LogP contribution in [0.1, 0.15) is 18.4 Å². The maximum absolute atomic E-state index is 10.4. The van der Waals surface area contributed by atoms with Crippen LogP contribution in [0.2, 0.25) is 0 Å². The molecule has 3 heteroatoms. The Morgan fingerprint density at radius 3 is 2.64 bits per heavy atom. The summed E-state index contributed by atoms with van der Waals surface area (Å²) in [6, 6.07) is 7.55. The van der Waals surface area contributed by atoms with Crippen LogP contribution < -0.4 is 11.1 Å². The lowest BCUT2D eigenvalue weighted by Gasteiger charge is -2.33. The lowest BCUT2D eigenvalue weighted by atomic mass is 9.85. The fourth-order valence-electron chi connectivity index (χ4n) is 1.96. The van der Waals surface area contributed by atoms with Crippen molar-refractivity contribution in [2.75, 3.05) is 18.8 Å². The van der Waals surface area contributed by atoms with Crippen LogP contribution in [0.3, 0.4) is 0 Å². The van der Waals surface area contributed by atoms with Crippen molar-refractivity contribution in [1.82, 2.24) is 5.32 Å². The molecule has 1 saturated heterocycles. The average molecular weight is 192 g/mol. The standard InChI is InChI=1S/C11H16N2O/c12-10-3-1-2-9(8-10)11(14)4-6-13-7-5-11/h1-3,8,13-14H,4-7,12H2. The highest BCUT2D eigenvalue weighted by Gasteiger charge is 2.30. The van der Waals surface area contributed by atoms with Crippen molar-refractivity contribution in [1.29, 1.82) is 0 Å². The fourth-order valence-corrected chi connectivity index (χ4v) is 1.96. The molecule has 1 fully saturated rings. The second kappa shape index (κ2) is 3.59. The van der Waals surface area contributed by atoms with Crippen molar-refractivity contribution in [3.63, 3.8) is 0 Å². The van der Waals surface area contributed by atoms with Gasteiger partial charge in [0.2, 0.25) is 0 Å². The molecule has 0 spiro atoms. The normalized spacial score (nSPS) is 20.6. The Kier molecular flexibility index (Phi) is 2.44. The number of hydrogen-bond donors (Lipinski definition) is 3. The molecule has 1 aromatic carbocycles. The molecule has 1 aliphatic rings. The highest BCUT2D eigenvalue weighted by atomic mass is 16.3. The zero-order valence-electron chi connectivity index (χ0n) is 8.16. The minimum atomic E-state index is -0.680. The van der Waals surface area contributed by atoms with Gasteiger partial charge < -0.3 is 16.2 Å². The van der Waals surface area contributed by atoms with Gasteiger partial charge in [-0.2, -0.15) is 0 Å². The van der Waals surface area contributed by atoms with Crippen LogP contribution in [0, 0.1) is 0 Å². The van der Waals surface area contributed by atoms with Crippen LogP contribution >= 0.6 is 0 Å². The molecule has 1 heterocycles. The molecule has 76 valence electrons. The third-order valence-corrected chi connectivity index (χ3v) is 2.85. The summed E-state index contributed by atoms with van der Waals surface area (Å²) >= 11 is 0. The predicted octanol–water partition coefficient (Wildman–Crippen LogP) is 0.840. The second-order valence-electron chi connectivity index (χ2n) is 3.91. The van der Waals surface area contributed by atoms with E-state index in [2.05, 4.69) is 5.32 Å². The summed E-state index contributed by atoms with van der Waals surface area (Å²) in [4.78, 5) is 0. The Hall–Kier alpha value is -1.06. The molecule has 4 N–H and O–H groups in total. The summed E-state index contributed by atoms with van der Waals surface area (Å²) in [7, 11) is 0. The minimum absolute atomic E-state index is 0.680. The molecule has 0 unspecified atom stereocenters. The maximum Gasteiger partial charge on any atom is 0.0921 e. The molecular formula is C11H16N2O. The molecule has 0 radical (unpaired) electrons. The summed E-state index contributed by atoms with van der Waals surface area (Å²) in [6.45, 7) is 1.73. The highest BCUT2D eigenvalue weighted by Crippen LogP contribution is 2.30. The topological polar surface area (TPSA) is 58.3 Å². The lowest BCUT2D eigenvalue weighted by molar-refractivity contribution is 0.00599. The summed E-state index contributed by atoms with van der Waals surface area (Å²) in [5, 5.41) is 13.6. The van der Waals surface area contributed by atoms with E-state index in [0.29, 0.717) is 0 Å². The Labute approximate surface area is 83.9 Å². The number of nitrogens with one attached hydrogen (secondary N) is 1. The Bertz CT molecular complexity index is 319. The van der Waals surface area contributed by atoms with Crippen LogP contribution in [-0.4, -0.2) is 18.2 Å². The lowest BCUT2D eigenvalue weighted by Crippen LogP contribution is -2.39. The van der Waals surface area contributed by atoms with Crippen molar-refractivity contribution in [2.24, 2.45) is 0 Å². The molecule has 14 heavy (non-hydrogen) atoms. The monoisotopic (exact) mass is 192 g/mol. The van der Waals surface area contributed by atoms with E-state index in [9.17, 15) is 5.11 Å². The van der Waals surface area contributed by atoms with E-state index in [-0.39, 0.29) is 0 Å². The number of aliphatic hydroxyl groups is 1. The van der Waals surface area contributed by atoms with E-state index in [4.69, 9.17) is 5.73 Å². The van der Waals surface area contributed by atoms with Crippen molar-refractivity contribution in [2.45, 2.75) is 18.4 Å². The van der Waals surface area contributed by atoms with E-state index in [1.807, 2.05) is 24.3 Å². The van der Waals surface area contributed by atoms with Crippen molar-refractivity contribution in [3.8, 4) is 0 Å². The van der Waals surface area contributed by atoms with E-state index in [1.54, 1.807) is 0 Å². The molecule has 1 aromatic rings. The molecular weight excluding hydrogens is 176 g/mol. The number of piperidine rings is 1. The maximum atomic E-state index is 10.4. The molecule has 2 rings (SSSR count). The smallest absolute Gasteiger partial charge is 0.0921 e. The summed E-state index contributed by atoms with van der Waals surface area (Å²) in [6.07, 6.45) is 1.52. The molecule has 0 aliphatic carbocycles. The van der Waals surface area contributed by atoms with Crippen LogP contribution in [0.4, 0.5) is 5.69 Å². The summed E-state index contributed by atoms with van der Waals surface area (Å²) < 4.78 is 0. The van der Waals surface area contributed by atoms with E-state index in [0.717, 1.165) is 37.2 Å². The first-order chi connectivity index (χ1) is 6.71. The van der Waals surface area contributed by atoms with Crippen LogP contribution in [0.5, 0.6) is 0 Å². The van der Waals surface area contributed by atoms with Crippen molar-refractivity contribution >= 4 is 5.69 Å². The van der Waals surface area contributed by atoms with Crippen molar-refractivity contribution < 1.29 is 5.11 Å². The highest BCUT2D eigenvalue weighted by molar-refractivity contribution is 5.42. The average Bonchev–Trinajstić information content (AvgIpc) is 2.19.